The van der Waals surface area contributed by atoms with Crippen LogP contribution in [-0.4, -0.2) is 40.9 Å². The van der Waals surface area contributed by atoms with E-state index in [0.717, 1.165) is 5.56 Å². The van der Waals surface area contributed by atoms with E-state index in [1.54, 1.807) is 0 Å². The molecule has 0 aromatic heterocycles. The van der Waals surface area contributed by atoms with Crippen LogP contribution >= 0.6 is 12.4 Å². The van der Waals surface area contributed by atoms with Crippen molar-refractivity contribution in [1.82, 2.24) is 10.6 Å². The van der Waals surface area contributed by atoms with Crippen molar-refractivity contribution in [2.45, 2.75) is 44.1 Å². The van der Waals surface area contributed by atoms with Crippen LogP contribution in [0.25, 0.3) is 0 Å². The van der Waals surface area contributed by atoms with Gasteiger partial charge >= 0.3 is 0 Å². The van der Waals surface area contributed by atoms with Gasteiger partial charge < -0.3 is 20.8 Å². The molecular formula is C15H23ClN2O3. The molecule has 21 heavy (non-hydrogen) atoms. The molecule has 0 spiro atoms. The van der Waals surface area contributed by atoms with Crippen molar-refractivity contribution >= 4 is 18.3 Å². The molecule has 0 saturated carbocycles. The molecule has 1 aromatic rings. The van der Waals surface area contributed by atoms with Gasteiger partial charge in [-0.25, -0.2) is 0 Å². The summed E-state index contributed by atoms with van der Waals surface area (Å²) in [6, 6.07) is 8.94. The first-order chi connectivity index (χ1) is 9.56. The molecule has 1 amide bonds. The van der Waals surface area contributed by atoms with Gasteiger partial charge in [0.05, 0.1) is 18.2 Å². The predicted molar refractivity (Wildman–Crippen MR) is 83.3 cm³/mol. The lowest BCUT2D eigenvalue weighted by Crippen LogP contribution is -2.44. The van der Waals surface area contributed by atoms with Crippen molar-refractivity contribution in [3.63, 3.8) is 0 Å². The summed E-state index contributed by atoms with van der Waals surface area (Å²) in [5, 5.41) is 25.3. The fourth-order valence-corrected chi connectivity index (χ4v) is 2.47. The molecule has 1 aliphatic heterocycles. The van der Waals surface area contributed by atoms with Gasteiger partial charge in [-0.2, -0.15) is 0 Å². The first-order valence-corrected chi connectivity index (χ1v) is 7.01. The summed E-state index contributed by atoms with van der Waals surface area (Å²) in [5.41, 5.74) is 0.850. The van der Waals surface area contributed by atoms with E-state index in [1.165, 1.54) is 0 Å². The Kier molecular flexibility index (Phi) is 7.11. The topological polar surface area (TPSA) is 81.6 Å². The molecule has 0 radical (unpaired) electrons. The van der Waals surface area contributed by atoms with Crippen molar-refractivity contribution in [2.75, 3.05) is 6.54 Å². The van der Waals surface area contributed by atoms with E-state index in [9.17, 15) is 15.0 Å². The Hall–Kier alpha value is -1.14. The number of aliphatic hydroxyl groups is 2. The number of benzene rings is 1. The highest BCUT2D eigenvalue weighted by Crippen LogP contribution is 2.18. The minimum Gasteiger partial charge on any atom is -0.392 e. The molecule has 1 fully saturated rings. The molecule has 118 valence electrons. The summed E-state index contributed by atoms with van der Waals surface area (Å²) in [7, 11) is 0. The Balaban J connectivity index is 0.00000220. The van der Waals surface area contributed by atoms with Crippen LogP contribution in [-0.2, 0) is 4.79 Å². The largest absolute Gasteiger partial charge is 0.392 e. The minimum atomic E-state index is -0.589. The monoisotopic (exact) mass is 314 g/mol. The summed E-state index contributed by atoms with van der Waals surface area (Å²) in [6.45, 7) is 2.33. The number of hydrogen-bond donors (Lipinski definition) is 4. The van der Waals surface area contributed by atoms with Crippen molar-refractivity contribution in [3.05, 3.63) is 35.9 Å². The summed E-state index contributed by atoms with van der Waals surface area (Å²) in [6.07, 6.45) is -0.130. The highest BCUT2D eigenvalue weighted by molar-refractivity contribution is 5.85. The van der Waals surface area contributed by atoms with Crippen LogP contribution < -0.4 is 10.6 Å². The van der Waals surface area contributed by atoms with E-state index in [4.69, 9.17) is 0 Å². The quantitative estimate of drug-likeness (QED) is 0.647. The number of halogens is 1. The molecule has 0 aliphatic carbocycles. The van der Waals surface area contributed by atoms with E-state index < -0.39 is 12.2 Å². The molecule has 4 unspecified atom stereocenters. The average Bonchev–Trinajstić information content (AvgIpc) is 2.86. The summed E-state index contributed by atoms with van der Waals surface area (Å²) in [4.78, 5) is 12.0. The van der Waals surface area contributed by atoms with Gasteiger partial charge in [0.1, 0.15) is 0 Å². The lowest BCUT2D eigenvalue weighted by atomic mass is 10.0. The third-order valence-electron chi connectivity index (χ3n) is 3.57. The fourth-order valence-electron chi connectivity index (χ4n) is 2.47. The molecule has 1 heterocycles. The number of β-amino-alcohol motifs (C(OH)–C–C–N with tert-alkyl or cyclic N) is 1. The molecule has 6 heteroatoms. The molecule has 1 saturated heterocycles. The lowest BCUT2D eigenvalue weighted by molar-refractivity contribution is -0.123. The maximum Gasteiger partial charge on any atom is 0.237 e. The van der Waals surface area contributed by atoms with Gasteiger partial charge in [-0.1, -0.05) is 30.3 Å². The van der Waals surface area contributed by atoms with Crippen molar-refractivity contribution < 1.29 is 15.0 Å². The number of nitrogens with one attached hydrogen (secondary N) is 2. The maximum absolute atomic E-state index is 12.0. The van der Waals surface area contributed by atoms with E-state index in [-0.39, 0.29) is 30.4 Å². The third kappa shape index (κ3) is 5.28. The lowest BCUT2D eigenvalue weighted by Gasteiger charge is -2.20. The van der Waals surface area contributed by atoms with Crippen LogP contribution in [0.4, 0.5) is 0 Å². The Labute approximate surface area is 131 Å². The number of aliphatic hydroxyl groups excluding tert-OH is 2. The third-order valence-corrected chi connectivity index (χ3v) is 3.57. The van der Waals surface area contributed by atoms with Crippen molar-refractivity contribution in [2.24, 2.45) is 0 Å². The van der Waals surface area contributed by atoms with Crippen LogP contribution in [0.15, 0.2) is 30.3 Å². The Morgan fingerprint density at radius 1 is 1.43 bits per heavy atom. The highest BCUT2D eigenvalue weighted by atomic mass is 35.5. The molecule has 0 bridgehead atoms. The molecule has 1 aliphatic rings. The normalized spacial score (nSPS) is 24.0. The predicted octanol–water partition coefficient (Wildman–Crippen LogP) is 0.759. The number of amides is 1. The Morgan fingerprint density at radius 3 is 2.67 bits per heavy atom. The molecular weight excluding hydrogens is 292 g/mol. The summed E-state index contributed by atoms with van der Waals surface area (Å²) < 4.78 is 0. The minimum absolute atomic E-state index is 0. The molecule has 5 nitrogen and oxygen atoms in total. The second-order valence-electron chi connectivity index (χ2n) is 5.42. The van der Waals surface area contributed by atoms with Crippen LogP contribution in [0, 0.1) is 0 Å². The molecule has 4 atom stereocenters. The van der Waals surface area contributed by atoms with Crippen molar-refractivity contribution in [1.29, 1.82) is 0 Å². The Bertz CT molecular complexity index is 444. The first kappa shape index (κ1) is 17.9. The van der Waals surface area contributed by atoms with Gasteiger partial charge in [-0.05, 0) is 25.3 Å². The standard InChI is InChI=1S/C15H22N2O3.ClH/c1-10(7-14(19)11-5-3-2-4-6-11)17-15(20)13-8-12(18)9-16-13;/h2-6,10,12-14,16,18-19H,7-9H2,1H3,(H,17,20);1H. The molecule has 1 aromatic carbocycles. The summed E-state index contributed by atoms with van der Waals surface area (Å²) in [5.74, 6) is -0.116. The fraction of sp³-hybridized carbons (Fsp3) is 0.533. The van der Waals surface area contributed by atoms with Crippen LogP contribution in [0.1, 0.15) is 31.4 Å². The SMILES string of the molecule is CC(CC(O)c1ccccc1)NC(=O)C1CC(O)CN1.Cl. The number of hydrogen-bond acceptors (Lipinski definition) is 4. The van der Waals surface area contributed by atoms with Crippen LogP contribution in [0.2, 0.25) is 0 Å². The van der Waals surface area contributed by atoms with Gasteiger partial charge in [-0.15, -0.1) is 12.4 Å². The van der Waals surface area contributed by atoms with Gasteiger partial charge in [0.25, 0.3) is 0 Å². The van der Waals surface area contributed by atoms with Crippen LogP contribution in [0.3, 0.4) is 0 Å². The second kappa shape index (κ2) is 8.34. The van der Waals surface area contributed by atoms with E-state index in [0.29, 0.717) is 19.4 Å². The van der Waals surface area contributed by atoms with Gasteiger partial charge in [0.15, 0.2) is 0 Å². The zero-order valence-electron chi connectivity index (χ0n) is 12.0. The summed E-state index contributed by atoms with van der Waals surface area (Å²) >= 11 is 0. The Morgan fingerprint density at radius 2 is 2.10 bits per heavy atom. The average molecular weight is 315 g/mol. The maximum atomic E-state index is 12.0. The van der Waals surface area contributed by atoms with Crippen molar-refractivity contribution in [3.8, 4) is 0 Å². The zero-order chi connectivity index (χ0) is 14.5. The van der Waals surface area contributed by atoms with Crippen LogP contribution in [0.5, 0.6) is 0 Å². The van der Waals surface area contributed by atoms with Gasteiger partial charge in [-0.3, -0.25) is 4.79 Å². The van der Waals surface area contributed by atoms with E-state index in [2.05, 4.69) is 10.6 Å². The van der Waals surface area contributed by atoms with E-state index in [1.807, 2.05) is 37.3 Å². The number of carbonyl (C=O) groups excluding carboxylic acids is 1. The van der Waals surface area contributed by atoms with E-state index >= 15 is 0 Å². The zero-order valence-corrected chi connectivity index (χ0v) is 12.8. The first-order valence-electron chi connectivity index (χ1n) is 7.01. The van der Waals surface area contributed by atoms with Gasteiger partial charge in [0.2, 0.25) is 5.91 Å². The second-order valence-corrected chi connectivity index (χ2v) is 5.42. The number of rotatable bonds is 5. The molecule has 4 N–H and O–H groups in total. The smallest absolute Gasteiger partial charge is 0.237 e. The van der Waals surface area contributed by atoms with Gasteiger partial charge in [0, 0.05) is 12.6 Å². The number of carbonyl (C=O) groups is 1. The highest BCUT2D eigenvalue weighted by Gasteiger charge is 2.28. The molecule has 2 rings (SSSR count).